The van der Waals surface area contributed by atoms with Crippen molar-refractivity contribution in [3.05, 3.63) is 31.9 Å². The molecule has 0 fully saturated rings. The van der Waals surface area contributed by atoms with Crippen molar-refractivity contribution in [1.29, 1.82) is 0 Å². The van der Waals surface area contributed by atoms with Gasteiger partial charge in [0.2, 0.25) is 11.8 Å². The van der Waals surface area contributed by atoms with Gasteiger partial charge in [-0.25, -0.2) is 9.97 Å². The van der Waals surface area contributed by atoms with Gasteiger partial charge in [0, 0.05) is 4.88 Å². The number of thiazole rings is 1. The van der Waals surface area contributed by atoms with Crippen molar-refractivity contribution in [3.63, 3.8) is 0 Å². The number of nitrogens with zero attached hydrogens (tertiary/aromatic N) is 4. The first-order valence-corrected chi connectivity index (χ1v) is 6.67. The maximum Gasteiger partial charge on any atom is 0.329 e. The Morgan fingerprint density at radius 1 is 1.45 bits per heavy atom. The Kier molecular flexibility index (Phi) is 3.79. The molecule has 0 aliphatic carbocycles. The fraction of sp³-hybridized carbons (Fsp3) is 0.364. The zero-order valence-electron chi connectivity index (χ0n) is 11.2. The second-order valence-corrected chi connectivity index (χ2v) is 5.50. The average Bonchev–Trinajstić information content (AvgIpc) is 2.68. The summed E-state index contributed by atoms with van der Waals surface area (Å²) in [4.78, 5) is 23.3. The Morgan fingerprint density at radius 2 is 2.15 bits per heavy atom. The highest BCUT2D eigenvalue weighted by atomic mass is 32.1. The third-order valence-corrected chi connectivity index (χ3v) is 3.93. The minimum Gasteiger partial charge on any atom is -0.368 e. The first-order valence-electron chi connectivity index (χ1n) is 5.86. The van der Waals surface area contributed by atoms with Crippen LogP contribution in [0.15, 0.2) is 6.20 Å². The van der Waals surface area contributed by atoms with Crippen molar-refractivity contribution in [3.8, 4) is 0 Å². The monoisotopic (exact) mass is 294 g/mol. The van der Waals surface area contributed by atoms with Crippen LogP contribution in [0.3, 0.4) is 0 Å². The predicted molar refractivity (Wildman–Crippen MR) is 76.7 cm³/mol. The van der Waals surface area contributed by atoms with Crippen LogP contribution in [0.1, 0.15) is 28.5 Å². The maximum atomic E-state index is 11.0. The summed E-state index contributed by atoms with van der Waals surface area (Å²) in [6.07, 6.45) is 1.10. The van der Waals surface area contributed by atoms with E-state index >= 15 is 0 Å². The molecule has 0 saturated carbocycles. The van der Waals surface area contributed by atoms with Gasteiger partial charge in [-0.2, -0.15) is 4.98 Å². The molecule has 2 aromatic rings. The van der Waals surface area contributed by atoms with Crippen molar-refractivity contribution in [2.45, 2.75) is 26.8 Å². The van der Waals surface area contributed by atoms with Crippen LogP contribution in [-0.2, 0) is 0 Å². The Bertz CT molecular complexity index is 656. The molecule has 9 heteroatoms. The van der Waals surface area contributed by atoms with Gasteiger partial charge in [-0.05, 0) is 20.8 Å². The predicted octanol–water partition coefficient (Wildman–Crippen LogP) is 2.21. The van der Waals surface area contributed by atoms with Crippen LogP contribution in [0.5, 0.6) is 0 Å². The summed E-state index contributed by atoms with van der Waals surface area (Å²) in [5.74, 6) is 0.1000. The van der Waals surface area contributed by atoms with E-state index in [2.05, 4.69) is 20.3 Å². The van der Waals surface area contributed by atoms with Gasteiger partial charge in [-0.15, -0.1) is 11.3 Å². The number of rotatable bonds is 4. The van der Waals surface area contributed by atoms with Crippen LogP contribution >= 0.6 is 11.3 Å². The Morgan fingerprint density at radius 3 is 2.70 bits per heavy atom. The Balaban J connectivity index is 2.32. The smallest absolute Gasteiger partial charge is 0.329 e. The molecule has 0 aliphatic rings. The maximum absolute atomic E-state index is 11.0. The first-order chi connectivity index (χ1) is 9.38. The number of aryl methyl sites for hydroxylation is 2. The highest BCUT2D eigenvalue weighted by Gasteiger charge is 2.20. The van der Waals surface area contributed by atoms with Gasteiger partial charge >= 0.3 is 5.69 Å². The second-order valence-electron chi connectivity index (χ2n) is 4.27. The molecule has 1 atom stereocenters. The number of aromatic nitrogens is 3. The van der Waals surface area contributed by atoms with Gasteiger partial charge in [-0.1, -0.05) is 0 Å². The lowest BCUT2D eigenvalue weighted by molar-refractivity contribution is -0.384. The van der Waals surface area contributed by atoms with Crippen LogP contribution in [0.25, 0.3) is 0 Å². The summed E-state index contributed by atoms with van der Waals surface area (Å²) in [5.41, 5.74) is 6.18. The number of nitrogens with one attached hydrogen (secondary N) is 1. The zero-order valence-corrected chi connectivity index (χ0v) is 12.1. The quantitative estimate of drug-likeness (QED) is 0.655. The first kappa shape index (κ1) is 14.1. The molecule has 0 aliphatic heterocycles. The molecule has 2 heterocycles. The average molecular weight is 294 g/mol. The molecule has 0 aromatic carbocycles. The molecule has 0 saturated heterocycles. The third-order valence-electron chi connectivity index (χ3n) is 2.67. The van der Waals surface area contributed by atoms with Gasteiger partial charge in [0.15, 0.2) is 0 Å². The number of nitrogen functional groups attached to an aromatic ring is 1. The van der Waals surface area contributed by atoms with Gasteiger partial charge in [0.05, 0.1) is 21.7 Å². The van der Waals surface area contributed by atoms with E-state index in [4.69, 9.17) is 5.73 Å². The van der Waals surface area contributed by atoms with E-state index in [1.807, 2.05) is 20.8 Å². The molecular formula is C11H14N6O2S. The number of hydrogen-bond donors (Lipinski definition) is 2. The molecule has 106 valence electrons. The van der Waals surface area contributed by atoms with Gasteiger partial charge in [0.1, 0.15) is 6.20 Å². The van der Waals surface area contributed by atoms with Crippen molar-refractivity contribution in [2.75, 3.05) is 11.1 Å². The minimum absolute atomic E-state index is 0.0116. The van der Waals surface area contributed by atoms with E-state index in [1.165, 1.54) is 0 Å². The summed E-state index contributed by atoms with van der Waals surface area (Å²) in [6, 6.07) is -0.158. The molecule has 1 unspecified atom stereocenters. The van der Waals surface area contributed by atoms with Crippen molar-refractivity contribution in [2.24, 2.45) is 0 Å². The van der Waals surface area contributed by atoms with E-state index in [0.717, 1.165) is 21.8 Å². The van der Waals surface area contributed by atoms with Crippen LogP contribution in [0, 0.1) is 24.0 Å². The summed E-state index contributed by atoms with van der Waals surface area (Å²) in [5, 5.41) is 14.9. The summed E-state index contributed by atoms with van der Waals surface area (Å²) in [6.45, 7) is 5.71. The lowest BCUT2D eigenvalue weighted by Crippen LogP contribution is -2.11. The number of hydrogen-bond acceptors (Lipinski definition) is 8. The van der Waals surface area contributed by atoms with E-state index in [1.54, 1.807) is 11.3 Å². The standard InChI is InChI=1S/C11H14N6O2S/c1-5-9(20-7(3)14-5)6(2)15-10-8(17(18)19)4-13-11(12)16-10/h4,6H,1-3H3,(H3,12,13,15,16). The number of nitrogens with two attached hydrogens (primary N) is 1. The van der Waals surface area contributed by atoms with E-state index in [9.17, 15) is 10.1 Å². The fourth-order valence-electron chi connectivity index (χ4n) is 1.85. The molecular weight excluding hydrogens is 280 g/mol. The topological polar surface area (TPSA) is 120 Å². The summed E-state index contributed by atoms with van der Waals surface area (Å²) in [7, 11) is 0. The Labute approximate surface area is 119 Å². The van der Waals surface area contributed by atoms with Gasteiger partial charge in [-0.3, -0.25) is 10.1 Å². The van der Waals surface area contributed by atoms with Crippen LogP contribution < -0.4 is 11.1 Å². The molecule has 2 aromatic heterocycles. The van der Waals surface area contributed by atoms with Crippen LogP contribution in [-0.4, -0.2) is 19.9 Å². The van der Waals surface area contributed by atoms with E-state index in [0.29, 0.717) is 0 Å². The lowest BCUT2D eigenvalue weighted by Gasteiger charge is -2.13. The Hall–Kier alpha value is -2.29. The van der Waals surface area contributed by atoms with E-state index < -0.39 is 4.92 Å². The molecule has 20 heavy (non-hydrogen) atoms. The van der Waals surface area contributed by atoms with Crippen LogP contribution in [0.2, 0.25) is 0 Å². The molecule has 0 spiro atoms. The molecule has 0 radical (unpaired) electrons. The number of anilines is 2. The van der Waals surface area contributed by atoms with Gasteiger partial charge < -0.3 is 11.1 Å². The largest absolute Gasteiger partial charge is 0.368 e. The van der Waals surface area contributed by atoms with Crippen LogP contribution in [0.4, 0.5) is 17.5 Å². The second kappa shape index (κ2) is 5.37. The molecule has 8 nitrogen and oxygen atoms in total. The highest BCUT2D eigenvalue weighted by molar-refractivity contribution is 7.11. The van der Waals surface area contributed by atoms with Crippen molar-refractivity contribution < 1.29 is 4.92 Å². The fourth-order valence-corrected chi connectivity index (χ4v) is 2.78. The van der Waals surface area contributed by atoms with Gasteiger partial charge in [0.25, 0.3) is 0 Å². The van der Waals surface area contributed by atoms with Crippen molar-refractivity contribution in [1.82, 2.24) is 15.0 Å². The normalized spacial score (nSPS) is 12.2. The zero-order chi connectivity index (χ0) is 14.9. The third kappa shape index (κ3) is 2.82. The molecule has 0 amide bonds. The lowest BCUT2D eigenvalue weighted by atomic mass is 10.2. The minimum atomic E-state index is -0.542. The molecule has 3 N–H and O–H groups in total. The molecule has 2 rings (SSSR count). The molecule has 0 bridgehead atoms. The number of nitro groups is 1. The summed E-state index contributed by atoms with van der Waals surface area (Å²) >= 11 is 1.54. The SMILES string of the molecule is Cc1nc(C)c(C(C)Nc2nc(N)ncc2[N+](=O)[O-])s1. The highest BCUT2D eigenvalue weighted by Crippen LogP contribution is 2.30. The van der Waals surface area contributed by atoms with E-state index in [-0.39, 0.29) is 23.5 Å². The van der Waals surface area contributed by atoms with Crippen molar-refractivity contribution >= 4 is 28.8 Å². The summed E-state index contributed by atoms with van der Waals surface area (Å²) < 4.78 is 0.